The van der Waals surface area contributed by atoms with E-state index in [-0.39, 0.29) is 0 Å². The Balaban J connectivity index is 2.03. The highest BCUT2D eigenvalue weighted by atomic mass is 15.2. The van der Waals surface area contributed by atoms with Gasteiger partial charge in [0, 0.05) is 18.6 Å². The molecule has 17 heavy (non-hydrogen) atoms. The van der Waals surface area contributed by atoms with Crippen molar-refractivity contribution in [1.29, 1.82) is 0 Å². The zero-order chi connectivity index (χ0) is 12.4. The van der Waals surface area contributed by atoms with Crippen LogP contribution in [-0.2, 0) is 0 Å². The minimum atomic E-state index is 0.425. The second-order valence-corrected chi connectivity index (χ2v) is 6.79. The third-order valence-corrected chi connectivity index (χ3v) is 4.95. The Labute approximate surface area is 107 Å². The summed E-state index contributed by atoms with van der Waals surface area (Å²) in [5.41, 5.74) is 6.15. The largest absolute Gasteiger partial charge is 0.327 e. The summed E-state index contributed by atoms with van der Waals surface area (Å²) in [5, 5.41) is 0. The summed E-state index contributed by atoms with van der Waals surface area (Å²) in [5.74, 6) is 2.63. The second kappa shape index (κ2) is 5.71. The molecule has 2 N–H and O–H groups in total. The Morgan fingerprint density at radius 1 is 1.18 bits per heavy atom. The fraction of sp³-hybridized carbons (Fsp3) is 1.00. The number of nitrogens with two attached hydrogens (primary N) is 1. The van der Waals surface area contributed by atoms with Gasteiger partial charge in [0.15, 0.2) is 0 Å². The van der Waals surface area contributed by atoms with E-state index < -0.39 is 0 Å². The van der Waals surface area contributed by atoms with E-state index in [1.165, 1.54) is 38.6 Å². The summed E-state index contributed by atoms with van der Waals surface area (Å²) in [6, 6.07) is 1.24. The Kier molecular flexibility index (Phi) is 4.48. The van der Waals surface area contributed by atoms with Crippen molar-refractivity contribution in [3.63, 3.8) is 0 Å². The number of likely N-dealkylation sites (tertiary alicyclic amines) is 1. The molecule has 0 amide bonds. The van der Waals surface area contributed by atoms with E-state index in [2.05, 4.69) is 25.7 Å². The fourth-order valence-electron chi connectivity index (χ4n) is 3.91. The van der Waals surface area contributed by atoms with Crippen molar-refractivity contribution in [3.05, 3.63) is 0 Å². The molecule has 0 spiro atoms. The van der Waals surface area contributed by atoms with Crippen molar-refractivity contribution < 1.29 is 0 Å². The second-order valence-electron chi connectivity index (χ2n) is 6.79. The van der Waals surface area contributed by atoms with Gasteiger partial charge in [-0.25, -0.2) is 0 Å². The van der Waals surface area contributed by atoms with Crippen molar-refractivity contribution in [2.75, 3.05) is 13.1 Å². The van der Waals surface area contributed by atoms with Gasteiger partial charge in [0.1, 0.15) is 0 Å². The van der Waals surface area contributed by atoms with Crippen molar-refractivity contribution in [2.24, 2.45) is 23.5 Å². The van der Waals surface area contributed by atoms with Crippen LogP contribution in [0.2, 0.25) is 0 Å². The molecular weight excluding hydrogens is 208 g/mol. The predicted molar refractivity (Wildman–Crippen MR) is 73.9 cm³/mol. The van der Waals surface area contributed by atoms with Crippen LogP contribution in [0.5, 0.6) is 0 Å². The Hall–Kier alpha value is -0.0800. The van der Waals surface area contributed by atoms with Crippen molar-refractivity contribution in [2.45, 2.75) is 65.0 Å². The molecule has 1 aliphatic carbocycles. The molecule has 1 saturated carbocycles. The Morgan fingerprint density at radius 2 is 1.94 bits per heavy atom. The molecule has 0 aromatic heterocycles. The molecule has 2 aliphatic rings. The molecule has 2 fully saturated rings. The van der Waals surface area contributed by atoms with Gasteiger partial charge in [-0.15, -0.1) is 0 Å². The van der Waals surface area contributed by atoms with Gasteiger partial charge in [-0.3, -0.25) is 4.90 Å². The molecule has 0 bridgehead atoms. The third-order valence-electron chi connectivity index (χ3n) is 4.95. The normalized spacial score (nSPS) is 40.8. The zero-order valence-electron chi connectivity index (χ0n) is 11.9. The maximum Gasteiger partial charge on any atom is 0.0168 e. The SMILES string of the molecule is CC1CCC(C(C)C)C(N2CCCC(N)C2)C1. The molecule has 4 atom stereocenters. The first-order chi connectivity index (χ1) is 8.08. The molecule has 2 heteroatoms. The van der Waals surface area contributed by atoms with Crippen LogP contribution in [0, 0.1) is 17.8 Å². The minimum Gasteiger partial charge on any atom is -0.327 e. The third kappa shape index (κ3) is 3.23. The highest BCUT2D eigenvalue weighted by Crippen LogP contribution is 2.37. The summed E-state index contributed by atoms with van der Waals surface area (Å²) in [6.07, 6.45) is 6.78. The molecule has 0 aromatic rings. The number of piperidine rings is 1. The lowest BCUT2D eigenvalue weighted by Crippen LogP contribution is -2.52. The first-order valence-electron chi connectivity index (χ1n) is 7.57. The van der Waals surface area contributed by atoms with Crippen LogP contribution in [0.4, 0.5) is 0 Å². The lowest BCUT2D eigenvalue weighted by Gasteiger charge is -2.46. The van der Waals surface area contributed by atoms with E-state index in [9.17, 15) is 0 Å². The van der Waals surface area contributed by atoms with Gasteiger partial charge in [0.05, 0.1) is 0 Å². The lowest BCUT2D eigenvalue weighted by molar-refractivity contribution is 0.0410. The highest BCUT2D eigenvalue weighted by Gasteiger charge is 2.35. The van der Waals surface area contributed by atoms with Gasteiger partial charge in [-0.2, -0.15) is 0 Å². The summed E-state index contributed by atoms with van der Waals surface area (Å²) in [6.45, 7) is 9.65. The minimum absolute atomic E-state index is 0.425. The van der Waals surface area contributed by atoms with Crippen LogP contribution >= 0.6 is 0 Å². The molecule has 100 valence electrons. The van der Waals surface area contributed by atoms with Gasteiger partial charge in [-0.1, -0.05) is 27.2 Å². The number of nitrogens with zero attached hydrogens (tertiary/aromatic N) is 1. The van der Waals surface area contributed by atoms with Crippen LogP contribution in [-0.4, -0.2) is 30.1 Å². The van der Waals surface area contributed by atoms with Crippen LogP contribution in [0.1, 0.15) is 52.9 Å². The topological polar surface area (TPSA) is 29.3 Å². The number of hydrogen-bond acceptors (Lipinski definition) is 2. The van der Waals surface area contributed by atoms with Crippen LogP contribution < -0.4 is 5.73 Å². The maximum absolute atomic E-state index is 6.15. The fourth-order valence-corrected chi connectivity index (χ4v) is 3.91. The van der Waals surface area contributed by atoms with Gasteiger partial charge >= 0.3 is 0 Å². The van der Waals surface area contributed by atoms with Crippen LogP contribution in [0.3, 0.4) is 0 Å². The molecular formula is C15H30N2. The van der Waals surface area contributed by atoms with E-state index in [0.717, 1.165) is 30.3 Å². The molecule has 2 nitrogen and oxygen atoms in total. The molecule has 1 saturated heterocycles. The molecule has 1 aliphatic heterocycles. The summed E-state index contributed by atoms with van der Waals surface area (Å²) >= 11 is 0. The monoisotopic (exact) mass is 238 g/mol. The van der Waals surface area contributed by atoms with Crippen LogP contribution in [0.25, 0.3) is 0 Å². The van der Waals surface area contributed by atoms with Gasteiger partial charge in [-0.05, 0) is 50.0 Å². The number of rotatable bonds is 2. The van der Waals surface area contributed by atoms with Crippen molar-refractivity contribution in [1.82, 2.24) is 4.90 Å². The van der Waals surface area contributed by atoms with E-state index >= 15 is 0 Å². The quantitative estimate of drug-likeness (QED) is 0.801. The smallest absolute Gasteiger partial charge is 0.0168 e. The predicted octanol–water partition coefficient (Wildman–Crippen LogP) is 2.87. The average Bonchev–Trinajstić information content (AvgIpc) is 2.28. The van der Waals surface area contributed by atoms with Crippen LogP contribution in [0.15, 0.2) is 0 Å². The number of hydrogen-bond donors (Lipinski definition) is 1. The first-order valence-corrected chi connectivity index (χ1v) is 7.57. The van der Waals surface area contributed by atoms with Gasteiger partial charge in [0.25, 0.3) is 0 Å². The van der Waals surface area contributed by atoms with E-state index in [4.69, 9.17) is 5.73 Å². The van der Waals surface area contributed by atoms with E-state index in [1.807, 2.05) is 0 Å². The average molecular weight is 238 g/mol. The van der Waals surface area contributed by atoms with Crippen molar-refractivity contribution >= 4 is 0 Å². The first kappa shape index (κ1) is 13.4. The van der Waals surface area contributed by atoms with E-state index in [0.29, 0.717) is 6.04 Å². The van der Waals surface area contributed by atoms with Gasteiger partial charge < -0.3 is 5.73 Å². The zero-order valence-corrected chi connectivity index (χ0v) is 11.9. The molecule has 0 radical (unpaired) electrons. The Morgan fingerprint density at radius 3 is 2.59 bits per heavy atom. The molecule has 1 heterocycles. The molecule has 0 aromatic carbocycles. The Bertz CT molecular complexity index is 239. The van der Waals surface area contributed by atoms with Crippen molar-refractivity contribution in [3.8, 4) is 0 Å². The summed E-state index contributed by atoms with van der Waals surface area (Å²) < 4.78 is 0. The standard InChI is InChI=1S/C15H30N2/c1-11(2)14-7-6-12(3)9-15(14)17-8-4-5-13(16)10-17/h11-15H,4-10,16H2,1-3H3. The summed E-state index contributed by atoms with van der Waals surface area (Å²) in [7, 11) is 0. The van der Waals surface area contributed by atoms with Gasteiger partial charge in [0.2, 0.25) is 0 Å². The van der Waals surface area contributed by atoms with E-state index in [1.54, 1.807) is 0 Å². The highest BCUT2D eigenvalue weighted by molar-refractivity contribution is 4.90. The summed E-state index contributed by atoms with van der Waals surface area (Å²) in [4.78, 5) is 2.72. The maximum atomic E-state index is 6.15. The molecule has 2 rings (SSSR count). The molecule has 4 unspecified atom stereocenters. The lowest BCUT2D eigenvalue weighted by atomic mass is 9.73.